The van der Waals surface area contributed by atoms with Crippen LogP contribution in [0.25, 0.3) is 77.2 Å². The van der Waals surface area contributed by atoms with Gasteiger partial charge in [0.1, 0.15) is 0 Å². The molecule has 0 saturated carbocycles. The summed E-state index contributed by atoms with van der Waals surface area (Å²) in [6, 6.07) is 51.0. The van der Waals surface area contributed by atoms with E-state index in [0.29, 0.717) is 16.7 Å². The Balaban J connectivity index is 1.43. The molecule has 6 nitrogen and oxygen atoms in total. The molecule has 0 aliphatic carbocycles. The number of hydrogen-bond donors (Lipinski definition) is 0. The van der Waals surface area contributed by atoms with E-state index in [1.807, 2.05) is 103 Å². The second-order valence-corrected chi connectivity index (χ2v) is 12.2. The minimum Gasteiger partial charge on any atom is -0.307 e. The molecule has 0 fully saturated rings. The van der Waals surface area contributed by atoms with E-state index < -0.39 is 0 Å². The number of rotatable bonds is 4. The van der Waals surface area contributed by atoms with E-state index in [-0.39, 0.29) is 0 Å². The molecule has 3 heterocycles. The lowest BCUT2D eigenvalue weighted by Gasteiger charge is -2.20. The molecule has 0 aliphatic heterocycles. The Bertz CT molecular complexity index is 2960. The number of hydrogen-bond acceptors (Lipinski definition) is 4. The molecule has 3 aromatic heterocycles. The maximum Gasteiger partial charge on any atom is 0.0998 e. The Kier molecular flexibility index (Phi) is 6.53. The summed E-state index contributed by atoms with van der Waals surface area (Å²) < 4.78 is 4.41. The van der Waals surface area contributed by atoms with E-state index in [1.54, 1.807) is 0 Å². The standard InChI is InChI=1S/C44H24N6/c45-23-28-13-16-30(17-14-28)31-18-20-37-35-10-4-6-12-39(35)50(41(37)22-31)43-27-48-26-42(44(43)33-8-2-1-7-32(33)25-47)49-38-11-5-3-9-34(38)36-19-15-29(24-46)21-40(36)49/h1-22,26-27H. The molecule has 0 spiro atoms. The third kappa shape index (κ3) is 4.29. The maximum absolute atomic E-state index is 10.4. The number of nitriles is 3. The Morgan fingerprint density at radius 1 is 0.440 bits per heavy atom. The summed E-state index contributed by atoms with van der Waals surface area (Å²) in [6.07, 6.45) is 3.73. The summed E-state index contributed by atoms with van der Waals surface area (Å²) in [5.41, 5.74) is 10.8. The summed E-state index contributed by atoms with van der Waals surface area (Å²) in [6.45, 7) is 0. The van der Waals surface area contributed by atoms with Crippen LogP contribution in [-0.2, 0) is 0 Å². The zero-order valence-corrected chi connectivity index (χ0v) is 26.5. The van der Waals surface area contributed by atoms with E-state index in [1.165, 1.54) is 0 Å². The van der Waals surface area contributed by atoms with Gasteiger partial charge in [0.05, 0.1) is 80.7 Å². The second kappa shape index (κ2) is 11.4. The monoisotopic (exact) mass is 636 g/mol. The molecule has 0 bridgehead atoms. The van der Waals surface area contributed by atoms with Crippen molar-refractivity contribution < 1.29 is 0 Å². The minimum atomic E-state index is 0.540. The highest BCUT2D eigenvalue weighted by Gasteiger charge is 2.24. The van der Waals surface area contributed by atoms with Gasteiger partial charge in [-0.3, -0.25) is 4.98 Å². The molecule has 0 amide bonds. The molecular weight excluding hydrogens is 613 g/mol. The van der Waals surface area contributed by atoms with Crippen LogP contribution in [0.3, 0.4) is 0 Å². The molecule has 0 saturated heterocycles. The molecule has 6 heteroatoms. The van der Waals surface area contributed by atoms with Gasteiger partial charge in [-0.15, -0.1) is 0 Å². The largest absolute Gasteiger partial charge is 0.307 e. The van der Waals surface area contributed by atoms with Gasteiger partial charge in [0, 0.05) is 32.7 Å². The van der Waals surface area contributed by atoms with Gasteiger partial charge in [0.15, 0.2) is 0 Å². The normalized spacial score (nSPS) is 11.1. The van der Waals surface area contributed by atoms with Gasteiger partial charge in [-0.05, 0) is 59.7 Å². The van der Waals surface area contributed by atoms with Gasteiger partial charge in [-0.1, -0.05) is 84.9 Å². The van der Waals surface area contributed by atoms with Crippen LogP contribution >= 0.6 is 0 Å². The third-order valence-electron chi connectivity index (χ3n) is 9.53. The Hall–Kier alpha value is -7.46. The van der Waals surface area contributed by atoms with Crippen LogP contribution in [0.1, 0.15) is 16.7 Å². The highest BCUT2D eigenvalue weighted by molar-refractivity contribution is 6.12. The Labute approximate surface area is 287 Å². The number of fused-ring (bicyclic) bond motifs is 6. The summed E-state index contributed by atoms with van der Waals surface area (Å²) in [4.78, 5) is 4.89. The molecule has 6 aromatic carbocycles. The van der Waals surface area contributed by atoms with Crippen molar-refractivity contribution in [2.24, 2.45) is 0 Å². The van der Waals surface area contributed by atoms with Crippen LogP contribution in [0, 0.1) is 34.0 Å². The highest BCUT2D eigenvalue weighted by Crippen LogP contribution is 2.43. The highest BCUT2D eigenvalue weighted by atomic mass is 15.0. The van der Waals surface area contributed by atoms with Crippen molar-refractivity contribution in [3.05, 3.63) is 163 Å². The molecule has 50 heavy (non-hydrogen) atoms. The fourth-order valence-electron chi connectivity index (χ4n) is 7.30. The molecule has 0 atom stereocenters. The Morgan fingerprint density at radius 2 is 0.960 bits per heavy atom. The predicted octanol–water partition coefficient (Wildman–Crippen LogP) is 10.2. The average molecular weight is 637 g/mol. The molecule has 230 valence electrons. The summed E-state index contributed by atoms with van der Waals surface area (Å²) in [5.74, 6) is 0. The van der Waals surface area contributed by atoms with Crippen molar-refractivity contribution in [1.29, 1.82) is 15.8 Å². The molecular formula is C44H24N6. The summed E-state index contributed by atoms with van der Waals surface area (Å²) in [5, 5.41) is 34.0. The molecule has 0 N–H and O–H groups in total. The van der Waals surface area contributed by atoms with Crippen LogP contribution in [0.5, 0.6) is 0 Å². The molecule has 0 radical (unpaired) electrons. The van der Waals surface area contributed by atoms with Gasteiger partial charge >= 0.3 is 0 Å². The second-order valence-electron chi connectivity index (χ2n) is 12.2. The van der Waals surface area contributed by atoms with Gasteiger partial charge in [-0.2, -0.15) is 15.8 Å². The van der Waals surface area contributed by atoms with Gasteiger partial charge in [-0.25, -0.2) is 0 Å². The van der Waals surface area contributed by atoms with Gasteiger partial charge < -0.3 is 9.13 Å². The van der Waals surface area contributed by atoms with Crippen LogP contribution < -0.4 is 0 Å². The topological polar surface area (TPSA) is 94.1 Å². The van der Waals surface area contributed by atoms with Crippen LogP contribution in [0.2, 0.25) is 0 Å². The lowest BCUT2D eigenvalue weighted by Crippen LogP contribution is -2.05. The summed E-state index contributed by atoms with van der Waals surface area (Å²) >= 11 is 0. The molecule has 0 unspecified atom stereocenters. The van der Waals surface area contributed by atoms with Crippen molar-refractivity contribution in [2.45, 2.75) is 0 Å². The van der Waals surface area contributed by atoms with E-state index >= 15 is 0 Å². The number of benzene rings is 6. The lowest BCUT2D eigenvalue weighted by atomic mass is 9.97. The lowest BCUT2D eigenvalue weighted by molar-refractivity contribution is 1.09. The third-order valence-corrected chi connectivity index (χ3v) is 9.53. The van der Waals surface area contributed by atoms with Crippen molar-refractivity contribution in [3.63, 3.8) is 0 Å². The quantitative estimate of drug-likeness (QED) is 0.192. The predicted molar refractivity (Wildman–Crippen MR) is 198 cm³/mol. The van der Waals surface area contributed by atoms with Crippen molar-refractivity contribution in [3.8, 4) is 51.8 Å². The SMILES string of the molecule is N#Cc1ccc(-c2ccc3c4ccccc4n(-c4cncc(-n5c6ccccc6c6ccc(C#N)cc65)c4-c4ccccc4C#N)c3c2)cc1. The average Bonchev–Trinajstić information content (AvgIpc) is 3.69. The zero-order chi connectivity index (χ0) is 33.8. The van der Waals surface area contributed by atoms with Crippen molar-refractivity contribution in [1.82, 2.24) is 14.1 Å². The molecule has 9 aromatic rings. The first kappa shape index (κ1) is 28.7. The van der Waals surface area contributed by atoms with Crippen LogP contribution in [0.4, 0.5) is 0 Å². The number of pyridine rings is 1. The first-order valence-corrected chi connectivity index (χ1v) is 16.1. The van der Waals surface area contributed by atoms with E-state index in [9.17, 15) is 15.8 Å². The smallest absolute Gasteiger partial charge is 0.0998 e. The first-order chi connectivity index (χ1) is 24.7. The number of nitrogens with zero attached hydrogens (tertiary/aromatic N) is 6. The molecule has 9 rings (SSSR count). The molecule has 0 aliphatic rings. The maximum atomic E-state index is 10.4. The van der Waals surface area contributed by atoms with E-state index in [4.69, 9.17) is 4.98 Å². The zero-order valence-electron chi connectivity index (χ0n) is 26.5. The van der Waals surface area contributed by atoms with E-state index in [2.05, 4.69) is 69.8 Å². The summed E-state index contributed by atoms with van der Waals surface area (Å²) in [7, 11) is 0. The fourth-order valence-corrected chi connectivity index (χ4v) is 7.30. The fraction of sp³-hybridized carbons (Fsp3) is 0. The van der Waals surface area contributed by atoms with Gasteiger partial charge in [0.25, 0.3) is 0 Å². The number of aromatic nitrogens is 3. The first-order valence-electron chi connectivity index (χ1n) is 16.1. The van der Waals surface area contributed by atoms with Crippen LogP contribution in [0.15, 0.2) is 146 Å². The minimum absolute atomic E-state index is 0.540. The van der Waals surface area contributed by atoms with Crippen LogP contribution in [-0.4, -0.2) is 14.1 Å². The van der Waals surface area contributed by atoms with E-state index in [0.717, 1.165) is 77.2 Å². The van der Waals surface area contributed by atoms with Crippen molar-refractivity contribution in [2.75, 3.05) is 0 Å². The van der Waals surface area contributed by atoms with Gasteiger partial charge in [0.2, 0.25) is 0 Å². The van der Waals surface area contributed by atoms with Crippen molar-refractivity contribution >= 4 is 43.6 Å². The Morgan fingerprint density at radius 3 is 1.60 bits per heavy atom. The number of para-hydroxylation sites is 2.